The summed E-state index contributed by atoms with van der Waals surface area (Å²) in [5.74, 6) is 0.911. The van der Waals surface area contributed by atoms with Crippen LogP contribution in [0.15, 0.2) is 5.38 Å². The molecule has 1 unspecified atom stereocenters. The zero-order chi connectivity index (χ0) is 10.6. The van der Waals surface area contributed by atoms with Gasteiger partial charge in [0.25, 0.3) is 0 Å². The van der Waals surface area contributed by atoms with Gasteiger partial charge in [-0.1, -0.05) is 13.8 Å². The maximum absolute atomic E-state index is 5.72. The summed E-state index contributed by atoms with van der Waals surface area (Å²) in [6.07, 6.45) is 0. The van der Waals surface area contributed by atoms with Crippen LogP contribution in [-0.4, -0.2) is 18.6 Å². The van der Waals surface area contributed by atoms with Crippen molar-refractivity contribution in [2.24, 2.45) is 11.7 Å². The van der Waals surface area contributed by atoms with Crippen molar-refractivity contribution < 1.29 is 4.74 Å². The van der Waals surface area contributed by atoms with Crippen LogP contribution in [0.1, 0.15) is 30.5 Å². The Morgan fingerprint density at radius 2 is 2.29 bits per heavy atom. The van der Waals surface area contributed by atoms with Gasteiger partial charge in [-0.2, -0.15) is 0 Å². The first kappa shape index (κ1) is 11.6. The molecule has 0 saturated heterocycles. The van der Waals surface area contributed by atoms with Gasteiger partial charge >= 0.3 is 0 Å². The molecule has 0 saturated carbocycles. The van der Waals surface area contributed by atoms with E-state index < -0.39 is 0 Å². The van der Waals surface area contributed by atoms with E-state index in [2.05, 4.69) is 24.2 Å². The number of nitrogens with two attached hydrogens (primary N) is 1. The van der Waals surface area contributed by atoms with Gasteiger partial charge in [-0.25, -0.2) is 4.98 Å². The summed E-state index contributed by atoms with van der Waals surface area (Å²) in [5, 5.41) is 3.12. The van der Waals surface area contributed by atoms with Gasteiger partial charge < -0.3 is 10.5 Å². The highest BCUT2D eigenvalue weighted by atomic mass is 32.1. The number of methoxy groups -OCH3 is 1. The summed E-state index contributed by atoms with van der Waals surface area (Å²) in [6, 6.07) is 0. The van der Waals surface area contributed by atoms with Crippen molar-refractivity contribution in [2.45, 2.75) is 26.4 Å². The maximum Gasteiger partial charge on any atom is 0.119 e. The van der Waals surface area contributed by atoms with Crippen LogP contribution in [0.3, 0.4) is 0 Å². The van der Waals surface area contributed by atoms with Crippen molar-refractivity contribution in [3.63, 3.8) is 0 Å². The van der Waals surface area contributed by atoms with Crippen molar-refractivity contribution in [2.75, 3.05) is 13.7 Å². The highest BCUT2D eigenvalue weighted by Crippen LogP contribution is 2.24. The average molecular weight is 214 g/mol. The van der Waals surface area contributed by atoms with Gasteiger partial charge in [-0.15, -0.1) is 11.3 Å². The van der Waals surface area contributed by atoms with E-state index >= 15 is 0 Å². The van der Waals surface area contributed by atoms with E-state index in [1.165, 1.54) is 0 Å². The molecule has 80 valence electrons. The Morgan fingerprint density at radius 1 is 1.57 bits per heavy atom. The lowest BCUT2D eigenvalue weighted by atomic mass is 9.93. The second kappa shape index (κ2) is 5.44. The number of thiazole rings is 1. The van der Waals surface area contributed by atoms with Gasteiger partial charge in [0.15, 0.2) is 0 Å². The number of hydrogen-bond donors (Lipinski definition) is 1. The molecular formula is C10H18N2OS. The van der Waals surface area contributed by atoms with E-state index in [0.717, 1.165) is 10.7 Å². The molecule has 14 heavy (non-hydrogen) atoms. The summed E-state index contributed by atoms with van der Waals surface area (Å²) in [4.78, 5) is 4.51. The van der Waals surface area contributed by atoms with Crippen molar-refractivity contribution in [1.29, 1.82) is 0 Å². The van der Waals surface area contributed by atoms with Crippen LogP contribution in [0.25, 0.3) is 0 Å². The van der Waals surface area contributed by atoms with Crippen molar-refractivity contribution >= 4 is 11.3 Å². The lowest BCUT2D eigenvalue weighted by molar-refractivity contribution is 0.184. The second-order valence-corrected chi connectivity index (χ2v) is 4.63. The Labute approximate surface area is 89.3 Å². The third-order valence-electron chi connectivity index (χ3n) is 2.28. The molecule has 1 atom stereocenters. The lowest BCUT2D eigenvalue weighted by Crippen LogP contribution is -2.18. The molecule has 1 aromatic heterocycles. The standard InChI is InChI=1S/C10H18N2OS/c1-7(2)8(4-11)9-6-14-10(12-9)5-13-3/h6-8H,4-5,11H2,1-3H3. The normalized spacial score (nSPS) is 13.5. The predicted octanol–water partition coefficient (Wildman–Crippen LogP) is 1.99. The third-order valence-corrected chi connectivity index (χ3v) is 3.12. The van der Waals surface area contributed by atoms with Crippen LogP contribution in [0.5, 0.6) is 0 Å². The molecule has 0 aliphatic carbocycles. The fourth-order valence-corrected chi connectivity index (χ4v) is 2.25. The number of rotatable bonds is 5. The summed E-state index contributed by atoms with van der Waals surface area (Å²) in [6.45, 7) is 5.60. The summed E-state index contributed by atoms with van der Waals surface area (Å²) in [5.41, 5.74) is 6.83. The highest BCUT2D eigenvalue weighted by molar-refractivity contribution is 7.09. The quantitative estimate of drug-likeness (QED) is 0.815. The molecule has 0 aliphatic rings. The van der Waals surface area contributed by atoms with Gasteiger partial charge in [0.05, 0.1) is 12.3 Å². The number of aromatic nitrogens is 1. The van der Waals surface area contributed by atoms with E-state index in [4.69, 9.17) is 10.5 Å². The smallest absolute Gasteiger partial charge is 0.119 e. The minimum absolute atomic E-state index is 0.372. The van der Waals surface area contributed by atoms with Crippen LogP contribution < -0.4 is 5.73 Å². The predicted molar refractivity (Wildman–Crippen MR) is 59.5 cm³/mol. The van der Waals surface area contributed by atoms with Crippen LogP contribution in [-0.2, 0) is 11.3 Å². The van der Waals surface area contributed by atoms with Crippen LogP contribution in [0, 0.1) is 5.92 Å². The van der Waals surface area contributed by atoms with E-state index in [9.17, 15) is 0 Å². The molecule has 0 aliphatic heterocycles. The van der Waals surface area contributed by atoms with Crippen molar-refractivity contribution in [3.8, 4) is 0 Å². The molecule has 0 radical (unpaired) electrons. The number of hydrogen-bond acceptors (Lipinski definition) is 4. The molecule has 2 N–H and O–H groups in total. The molecule has 1 rings (SSSR count). The van der Waals surface area contributed by atoms with Crippen LogP contribution >= 0.6 is 11.3 Å². The molecule has 3 nitrogen and oxygen atoms in total. The van der Waals surface area contributed by atoms with E-state index in [1.54, 1.807) is 18.4 Å². The Kier molecular flexibility index (Phi) is 4.51. The van der Waals surface area contributed by atoms with Crippen molar-refractivity contribution in [3.05, 3.63) is 16.1 Å². The Balaban J connectivity index is 2.73. The second-order valence-electron chi connectivity index (χ2n) is 3.69. The van der Waals surface area contributed by atoms with Gasteiger partial charge in [-0.05, 0) is 5.92 Å². The Hall–Kier alpha value is -0.450. The molecule has 0 fully saturated rings. The first-order valence-corrected chi connectivity index (χ1v) is 5.70. The molecule has 0 amide bonds. The molecule has 1 heterocycles. The van der Waals surface area contributed by atoms with Gasteiger partial charge in [0, 0.05) is 25.0 Å². The minimum atomic E-state index is 0.372. The van der Waals surface area contributed by atoms with E-state index in [-0.39, 0.29) is 0 Å². The number of ether oxygens (including phenoxy) is 1. The van der Waals surface area contributed by atoms with Gasteiger partial charge in [0.2, 0.25) is 0 Å². The van der Waals surface area contributed by atoms with Crippen LogP contribution in [0.2, 0.25) is 0 Å². The van der Waals surface area contributed by atoms with E-state index in [0.29, 0.717) is 25.0 Å². The zero-order valence-corrected chi connectivity index (χ0v) is 9.80. The average Bonchev–Trinajstić information content (AvgIpc) is 2.54. The highest BCUT2D eigenvalue weighted by Gasteiger charge is 2.16. The third kappa shape index (κ3) is 2.77. The van der Waals surface area contributed by atoms with Gasteiger partial charge in [-0.3, -0.25) is 0 Å². The van der Waals surface area contributed by atoms with Crippen molar-refractivity contribution in [1.82, 2.24) is 4.98 Å². The maximum atomic E-state index is 5.72. The zero-order valence-electron chi connectivity index (χ0n) is 8.99. The first-order chi connectivity index (χ1) is 6.69. The Bertz CT molecular complexity index is 273. The molecule has 0 aromatic carbocycles. The largest absolute Gasteiger partial charge is 0.378 e. The fourth-order valence-electron chi connectivity index (χ4n) is 1.42. The number of nitrogens with zero attached hydrogens (tertiary/aromatic N) is 1. The molecule has 4 heteroatoms. The first-order valence-electron chi connectivity index (χ1n) is 4.82. The molecule has 1 aromatic rings. The lowest BCUT2D eigenvalue weighted by Gasteiger charge is -2.15. The Morgan fingerprint density at radius 3 is 2.79 bits per heavy atom. The minimum Gasteiger partial charge on any atom is -0.378 e. The summed E-state index contributed by atoms with van der Waals surface area (Å²) < 4.78 is 5.03. The SMILES string of the molecule is COCc1nc(C(CN)C(C)C)cs1. The monoisotopic (exact) mass is 214 g/mol. The topological polar surface area (TPSA) is 48.1 Å². The summed E-state index contributed by atoms with van der Waals surface area (Å²) >= 11 is 1.64. The summed E-state index contributed by atoms with van der Waals surface area (Å²) in [7, 11) is 1.68. The van der Waals surface area contributed by atoms with Gasteiger partial charge in [0.1, 0.15) is 5.01 Å². The molecule has 0 bridgehead atoms. The molecule has 0 spiro atoms. The fraction of sp³-hybridized carbons (Fsp3) is 0.700. The molecular weight excluding hydrogens is 196 g/mol. The van der Waals surface area contributed by atoms with E-state index in [1.807, 2.05) is 0 Å². The van der Waals surface area contributed by atoms with Crippen LogP contribution in [0.4, 0.5) is 0 Å².